The van der Waals surface area contributed by atoms with Crippen molar-refractivity contribution >= 4 is 16.7 Å². The van der Waals surface area contributed by atoms with E-state index in [1.165, 1.54) is 18.4 Å². The Bertz CT molecular complexity index is 887. The van der Waals surface area contributed by atoms with Crippen LogP contribution < -0.4 is 5.32 Å². The van der Waals surface area contributed by atoms with Gasteiger partial charge in [0.25, 0.3) is 0 Å². The normalized spacial score (nSPS) is 14.7. The van der Waals surface area contributed by atoms with Gasteiger partial charge in [0.05, 0.1) is 5.52 Å². The Hall–Kier alpha value is -2.42. The molecular weight excluding hydrogens is 306 g/mol. The number of hydrogen-bond acceptors (Lipinski definition) is 3. The van der Waals surface area contributed by atoms with Crippen molar-refractivity contribution in [1.29, 1.82) is 0 Å². The number of nitrogens with zero attached hydrogens (tertiary/aromatic N) is 2. The van der Waals surface area contributed by atoms with E-state index < -0.39 is 0 Å². The van der Waals surface area contributed by atoms with Crippen molar-refractivity contribution < 1.29 is 0 Å². The highest BCUT2D eigenvalue weighted by Gasteiger charge is 2.21. The molecule has 3 nitrogen and oxygen atoms in total. The Kier molecular flexibility index (Phi) is 3.95. The standard InChI is InChI=1S/C22H25N3/c1-22(2,3)17-12-10-16(11-13-17)20-24-19-7-5-4-6-18(19)21(25-20)23-14-15-8-9-15/h4-7,10-13,15H,8-9,14H2,1-3H3,(H,23,24,25). The van der Waals surface area contributed by atoms with E-state index in [4.69, 9.17) is 9.97 Å². The first kappa shape index (κ1) is 16.1. The number of rotatable bonds is 4. The summed E-state index contributed by atoms with van der Waals surface area (Å²) in [7, 11) is 0. The Morgan fingerprint density at radius 3 is 2.36 bits per heavy atom. The van der Waals surface area contributed by atoms with Gasteiger partial charge in [-0.1, -0.05) is 57.2 Å². The maximum atomic E-state index is 4.84. The van der Waals surface area contributed by atoms with E-state index in [-0.39, 0.29) is 5.41 Å². The van der Waals surface area contributed by atoms with Crippen molar-refractivity contribution in [2.45, 2.75) is 39.0 Å². The second-order valence-electron chi connectivity index (χ2n) is 8.06. The lowest BCUT2D eigenvalue weighted by Gasteiger charge is -2.19. The SMILES string of the molecule is CC(C)(C)c1ccc(-c2nc(NCC3CC3)c3ccccc3n2)cc1. The van der Waals surface area contributed by atoms with E-state index in [0.29, 0.717) is 0 Å². The molecule has 1 N–H and O–H groups in total. The molecular formula is C22H25N3. The van der Waals surface area contributed by atoms with E-state index >= 15 is 0 Å². The lowest BCUT2D eigenvalue weighted by molar-refractivity contribution is 0.590. The lowest BCUT2D eigenvalue weighted by Crippen LogP contribution is -2.10. The van der Waals surface area contributed by atoms with Crippen LogP contribution in [0.5, 0.6) is 0 Å². The fourth-order valence-electron chi connectivity index (χ4n) is 3.02. The van der Waals surface area contributed by atoms with E-state index in [0.717, 1.165) is 40.6 Å². The summed E-state index contributed by atoms with van der Waals surface area (Å²) in [6.45, 7) is 7.70. The van der Waals surface area contributed by atoms with E-state index in [1.54, 1.807) is 0 Å². The molecule has 25 heavy (non-hydrogen) atoms. The molecule has 3 heteroatoms. The van der Waals surface area contributed by atoms with Crippen LogP contribution in [-0.4, -0.2) is 16.5 Å². The van der Waals surface area contributed by atoms with Crippen LogP contribution in [0.1, 0.15) is 39.2 Å². The molecule has 128 valence electrons. The Morgan fingerprint density at radius 1 is 0.960 bits per heavy atom. The molecule has 3 aromatic rings. The third kappa shape index (κ3) is 3.51. The molecule has 4 rings (SSSR count). The maximum Gasteiger partial charge on any atom is 0.162 e. The summed E-state index contributed by atoms with van der Waals surface area (Å²) in [4.78, 5) is 9.63. The highest BCUT2D eigenvalue weighted by Crippen LogP contribution is 2.31. The number of nitrogens with one attached hydrogen (secondary N) is 1. The summed E-state index contributed by atoms with van der Waals surface area (Å²) in [5, 5.41) is 4.64. The molecule has 0 amide bonds. The van der Waals surface area contributed by atoms with Crippen LogP contribution in [-0.2, 0) is 5.41 Å². The molecule has 0 unspecified atom stereocenters. The monoisotopic (exact) mass is 331 g/mol. The van der Waals surface area contributed by atoms with Gasteiger partial charge in [-0.05, 0) is 41.9 Å². The van der Waals surface area contributed by atoms with Gasteiger partial charge in [-0.2, -0.15) is 0 Å². The van der Waals surface area contributed by atoms with Gasteiger partial charge in [0.2, 0.25) is 0 Å². The highest BCUT2D eigenvalue weighted by molar-refractivity contribution is 5.90. The minimum atomic E-state index is 0.153. The van der Waals surface area contributed by atoms with Gasteiger partial charge in [-0.15, -0.1) is 0 Å². The van der Waals surface area contributed by atoms with Crippen molar-refractivity contribution in [1.82, 2.24) is 9.97 Å². The third-order valence-electron chi connectivity index (χ3n) is 4.87. The van der Waals surface area contributed by atoms with Gasteiger partial charge in [0, 0.05) is 17.5 Å². The van der Waals surface area contributed by atoms with Crippen LogP contribution in [0, 0.1) is 5.92 Å². The first-order chi connectivity index (χ1) is 12.0. The lowest BCUT2D eigenvalue weighted by atomic mass is 9.87. The van der Waals surface area contributed by atoms with Crippen LogP contribution in [0.4, 0.5) is 5.82 Å². The molecule has 0 bridgehead atoms. The van der Waals surface area contributed by atoms with Crippen molar-refractivity contribution in [2.75, 3.05) is 11.9 Å². The summed E-state index contributed by atoms with van der Waals surface area (Å²) >= 11 is 0. The summed E-state index contributed by atoms with van der Waals surface area (Å²) in [6, 6.07) is 16.9. The number of aromatic nitrogens is 2. The predicted molar refractivity (Wildman–Crippen MR) is 105 cm³/mol. The average molecular weight is 331 g/mol. The van der Waals surface area contributed by atoms with Crippen LogP contribution in [0.2, 0.25) is 0 Å². The van der Waals surface area contributed by atoms with Gasteiger partial charge in [0.1, 0.15) is 5.82 Å². The van der Waals surface area contributed by atoms with Crippen LogP contribution in [0.3, 0.4) is 0 Å². The second kappa shape index (κ2) is 6.14. The minimum absolute atomic E-state index is 0.153. The fraction of sp³-hybridized carbons (Fsp3) is 0.364. The first-order valence-electron chi connectivity index (χ1n) is 9.12. The Morgan fingerprint density at radius 2 is 1.68 bits per heavy atom. The van der Waals surface area contributed by atoms with Gasteiger partial charge in [0.15, 0.2) is 5.82 Å². The van der Waals surface area contributed by atoms with Crippen LogP contribution in [0.25, 0.3) is 22.3 Å². The Balaban J connectivity index is 1.73. The summed E-state index contributed by atoms with van der Waals surface area (Å²) in [5.41, 5.74) is 3.53. The zero-order valence-electron chi connectivity index (χ0n) is 15.2. The second-order valence-corrected chi connectivity index (χ2v) is 8.06. The minimum Gasteiger partial charge on any atom is -0.369 e. The molecule has 1 aliphatic rings. The average Bonchev–Trinajstić information content (AvgIpc) is 3.43. The maximum absolute atomic E-state index is 4.84. The number of hydrogen-bond donors (Lipinski definition) is 1. The number of fused-ring (bicyclic) bond motifs is 1. The largest absolute Gasteiger partial charge is 0.369 e. The van der Waals surface area contributed by atoms with Crippen molar-refractivity contribution in [3.63, 3.8) is 0 Å². The summed E-state index contributed by atoms with van der Waals surface area (Å²) in [5.74, 6) is 2.55. The Labute approximate surface area is 149 Å². The summed E-state index contributed by atoms with van der Waals surface area (Å²) < 4.78 is 0. The highest BCUT2D eigenvalue weighted by atomic mass is 15.0. The fourth-order valence-corrected chi connectivity index (χ4v) is 3.02. The van der Waals surface area contributed by atoms with E-state index in [2.05, 4.69) is 62.5 Å². The van der Waals surface area contributed by atoms with Gasteiger partial charge in [-0.3, -0.25) is 0 Å². The first-order valence-corrected chi connectivity index (χ1v) is 9.12. The zero-order valence-corrected chi connectivity index (χ0v) is 15.2. The quantitative estimate of drug-likeness (QED) is 0.694. The van der Waals surface area contributed by atoms with Crippen LogP contribution in [0.15, 0.2) is 48.5 Å². The van der Waals surface area contributed by atoms with Crippen molar-refractivity contribution in [3.8, 4) is 11.4 Å². The molecule has 1 saturated carbocycles. The molecule has 2 aromatic carbocycles. The van der Waals surface area contributed by atoms with Crippen molar-refractivity contribution in [3.05, 3.63) is 54.1 Å². The number of benzene rings is 2. The number of para-hydroxylation sites is 1. The molecule has 0 spiro atoms. The topological polar surface area (TPSA) is 37.8 Å². The van der Waals surface area contributed by atoms with Gasteiger partial charge >= 0.3 is 0 Å². The van der Waals surface area contributed by atoms with Crippen LogP contribution >= 0.6 is 0 Å². The number of anilines is 1. The molecule has 0 radical (unpaired) electrons. The summed E-state index contributed by atoms with van der Waals surface area (Å²) in [6.07, 6.45) is 2.66. The smallest absolute Gasteiger partial charge is 0.162 e. The molecule has 1 heterocycles. The molecule has 1 aliphatic carbocycles. The molecule has 0 aliphatic heterocycles. The zero-order chi connectivity index (χ0) is 17.4. The van der Waals surface area contributed by atoms with E-state index in [1.807, 2.05) is 12.1 Å². The van der Waals surface area contributed by atoms with Crippen molar-refractivity contribution in [2.24, 2.45) is 5.92 Å². The van der Waals surface area contributed by atoms with Gasteiger partial charge < -0.3 is 5.32 Å². The molecule has 1 aromatic heterocycles. The van der Waals surface area contributed by atoms with Gasteiger partial charge in [-0.25, -0.2) is 9.97 Å². The predicted octanol–water partition coefficient (Wildman–Crippen LogP) is 5.42. The molecule has 0 atom stereocenters. The molecule has 0 saturated heterocycles. The van der Waals surface area contributed by atoms with E-state index in [9.17, 15) is 0 Å². The third-order valence-corrected chi connectivity index (χ3v) is 4.87. The molecule has 1 fully saturated rings.